The van der Waals surface area contributed by atoms with Crippen LogP contribution in [0.1, 0.15) is 36.1 Å². The fourth-order valence-electron chi connectivity index (χ4n) is 10.3. The minimum atomic E-state index is -0.246. The molecule has 0 radical (unpaired) electrons. The Morgan fingerprint density at radius 1 is 0.419 bits per heavy atom. The lowest BCUT2D eigenvalue weighted by atomic mass is 9.82. The molecular formula is C57H37N5. The minimum absolute atomic E-state index is 0.246. The van der Waals surface area contributed by atoms with Gasteiger partial charge in [0.25, 0.3) is 0 Å². The predicted octanol–water partition coefficient (Wildman–Crippen LogP) is 14.6. The standard InChI is InChI=1S/C57H37N5/c1-57(2)48-23-13-11-21-43(48)45-32-47-46-31-41(60(39-16-5-3-6-17-39)40-18-7-4-8-19-40)26-28-51(46)62(55(47)33-49(45)57)54-30-37(34-58)53(29-38(54)35-59)61-50-24-14-12-22-44(50)56-42-20-10-9-15-36(42)25-27-52(56)61/h3-33H,1-2H3. The van der Waals surface area contributed by atoms with Gasteiger partial charge < -0.3 is 14.0 Å². The van der Waals surface area contributed by atoms with Gasteiger partial charge in [-0.1, -0.05) is 123 Å². The van der Waals surface area contributed by atoms with E-state index in [2.05, 4.69) is 198 Å². The normalized spacial score (nSPS) is 12.8. The lowest BCUT2D eigenvalue weighted by Gasteiger charge is -2.25. The van der Waals surface area contributed by atoms with Crippen LogP contribution in [0.3, 0.4) is 0 Å². The molecule has 5 heteroatoms. The lowest BCUT2D eigenvalue weighted by molar-refractivity contribution is 0.661. The van der Waals surface area contributed by atoms with Crippen LogP contribution in [0.5, 0.6) is 0 Å². The van der Waals surface area contributed by atoms with Crippen LogP contribution >= 0.6 is 0 Å². The van der Waals surface area contributed by atoms with E-state index in [9.17, 15) is 10.5 Å². The number of rotatable bonds is 5. The Morgan fingerprint density at radius 2 is 0.984 bits per heavy atom. The molecule has 2 heterocycles. The van der Waals surface area contributed by atoms with Crippen molar-refractivity contribution in [3.63, 3.8) is 0 Å². The first-order valence-electron chi connectivity index (χ1n) is 21.0. The molecule has 0 fully saturated rings. The number of fused-ring (bicyclic) bond motifs is 11. The maximum Gasteiger partial charge on any atom is 0.101 e. The Kier molecular flexibility index (Phi) is 7.64. The molecular weight excluding hydrogens is 755 g/mol. The molecule has 0 bridgehead atoms. The number of para-hydroxylation sites is 3. The summed E-state index contributed by atoms with van der Waals surface area (Å²) in [7, 11) is 0. The Balaban J connectivity index is 1.15. The molecule has 9 aromatic carbocycles. The van der Waals surface area contributed by atoms with Crippen LogP contribution in [0, 0.1) is 22.7 Å². The Hall–Kier alpha value is -8.38. The molecule has 0 saturated carbocycles. The highest BCUT2D eigenvalue weighted by molar-refractivity contribution is 6.21. The second-order valence-electron chi connectivity index (χ2n) is 16.8. The zero-order valence-corrected chi connectivity index (χ0v) is 34.1. The first kappa shape index (κ1) is 35.6. The molecule has 0 unspecified atom stereocenters. The van der Waals surface area contributed by atoms with Crippen molar-refractivity contribution in [2.45, 2.75) is 19.3 Å². The van der Waals surface area contributed by atoms with Crippen molar-refractivity contribution in [3.8, 4) is 34.6 Å². The molecule has 1 aliphatic carbocycles. The summed E-state index contributed by atoms with van der Waals surface area (Å²) in [5, 5.41) is 28.9. The number of nitrogens with zero attached hydrogens (tertiary/aromatic N) is 5. The smallest absolute Gasteiger partial charge is 0.101 e. The van der Waals surface area contributed by atoms with Gasteiger partial charge in [-0.3, -0.25) is 0 Å². The Morgan fingerprint density at radius 3 is 1.69 bits per heavy atom. The van der Waals surface area contributed by atoms with Gasteiger partial charge in [0.1, 0.15) is 12.1 Å². The number of anilines is 3. The van der Waals surface area contributed by atoms with Crippen LogP contribution in [-0.2, 0) is 5.41 Å². The second-order valence-corrected chi connectivity index (χ2v) is 16.8. The maximum absolute atomic E-state index is 11.2. The molecule has 0 amide bonds. The highest BCUT2D eigenvalue weighted by Gasteiger charge is 2.36. The zero-order valence-electron chi connectivity index (χ0n) is 34.1. The van der Waals surface area contributed by atoms with Crippen LogP contribution in [0.4, 0.5) is 17.1 Å². The summed E-state index contributed by atoms with van der Waals surface area (Å²) in [5.41, 5.74) is 14.1. The van der Waals surface area contributed by atoms with Crippen molar-refractivity contribution in [3.05, 3.63) is 210 Å². The molecule has 1 aliphatic rings. The van der Waals surface area contributed by atoms with Crippen LogP contribution in [0.15, 0.2) is 188 Å². The van der Waals surface area contributed by atoms with Gasteiger partial charge in [-0.2, -0.15) is 10.5 Å². The van der Waals surface area contributed by atoms with Crippen LogP contribution < -0.4 is 4.90 Å². The first-order chi connectivity index (χ1) is 30.4. The van der Waals surface area contributed by atoms with Gasteiger partial charge in [-0.05, 0) is 112 Å². The molecule has 0 aliphatic heterocycles. The van der Waals surface area contributed by atoms with Gasteiger partial charge in [-0.15, -0.1) is 0 Å². The third-order valence-corrected chi connectivity index (χ3v) is 13.1. The molecule has 0 N–H and O–H groups in total. The molecule has 2 aromatic heterocycles. The Bertz CT molecular complexity index is 3700. The SMILES string of the molecule is CC1(C)c2ccccc2-c2cc3c4cc(N(c5ccccc5)c5ccccc5)ccc4n(-c4cc(C#N)c(-n5c6ccccc6c6c7ccccc7ccc65)cc4C#N)c3cc21. The van der Waals surface area contributed by atoms with Crippen molar-refractivity contribution in [2.24, 2.45) is 0 Å². The maximum atomic E-state index is 11.2. The molecule has 0 spiro atoms. The van der Waals surface area contributed by atoms with E-state index in [0.29, 0.717) is 22.5 Å². The van der Waals surface area contributed by atoms with Crippen molar-refractivity contribution in [2.75, 3.05) is 4.90 Å². The molecule has 12 rings (SSSR count). The number of hydrogen-bond acceptors (Lipinski definition) is 3. The average Bonchev–Trinajstić information content (AvgIpc) is 3.91. The van der Waals surface area contributed by atoms with Gasteiger partial charge in [0, 0.05) is 44.0 Å². The minimum Gasteiger partial charge on any atom is -0.310 e. The summed E-state index contributed by atoms with van der Waals surface area (Å²) in [4.78, 5) is 2.28. The number of aromatic nitrogens is 2. The molecule has 11 aromatic rings. The zero-order chi connectivity index (χ0) is 41.7. The molecule has 290 valence electrons. The summed E-state index contributed by atoms with van der Waals surface area (Å²) in [6, 6.07) is 71.0. The number of nitriles is 2. The molecule has 0 saturated heterocycles. The van der Waals surface area contributed by atoms with E-state index in [1.807, 2.05) is 30.3 Å². The first-order valence-corrected chi connectivity index (χ1v) is 21.0. The topological polar surface area (TPSA) is 60.7 Å². The van der Waals surface area contributed by atoms with Crippen LogP contribution in [-0.4, -0.2) is 9.13 Å². The number of hydrogen-bond donors (Lipinski definition) is 0. The van der Waals surface area contributed by atoms with E-state index < -0.39 is 0 Å². The summed E-state index contributed by atoms with van der Waals surface area (Å²) in [5.74, 6) is 0. The molecule has 0 atom stereocenters. The second kappa shape index (κ2) is 13.3. The largest absolute Gasteiger partial charge is 0.310 e. The highest BCUT2D eigenvalue weighted by atomic mass is 15.1. The van der Waals surface area contributed by atoms with E-state index in [4.69, 9.17) is 0 Å². The third kappa shape index (κ3) is 5.00. The van der Waals surface area contributed by atoms with Gasteiger partial charge in [0.15, 0.2) is 0 Å². The fourth-order valence-corrected chi connectivity index (χ4v) is 10.3. The van der Waals surface area contributed by atoms with Crippen molar-refractivity contribution in [1.82, 2.24) is 9.13 Å². The summed E-state index contributed by atoms with van der Waals surface area (Å²) < 4.78 is 4.37. The van der Waals surface area contributed by atoms with Crippen LogP contribution in [0.2, 0.25) is 0 Å². The van der Waals surface area contributed by atoms with E-state index in [1.54, 1.807) is 0 Å². The van der Waals surface area contributed by atoms with Crippen LogP contribution in [0.25, 0.3) is 76.9 Å². The molecule has 62 heavy (non-hydrogen) atoms. The summed E-state index contributed by atoms with van der Waals surface area (Å²) >= 11 is 0. The number of benzene rings is 9. The van der Waals surface area contributed by atoms with E-state index in [0.717, 1.165) is 71.4 Å². The van der Waals surface area contributed by atoms with Crippen molar-refractivity contribution < 1.29 is 0 Å². The molecule has 5 nitrogen and oxygen atoms in total. The van der Waals surface area contributed by atoms with E-state index >= 15 is 0 Å². The highest BCUT2D eigenvalue weighted by Crippen LogP contribution is 2.52. The van der Waals surface area contributed by atoms with Gasteiger partial charge in [0.05, 0.1) is 44.6 Å². The van der Waals surface area contributed by atoms with E-state index in [-0.39, 0.29) is 5.41 Å². The van der Waals surface area contributed by atoms with E-state index in [1.165, 1.54) is 22.3 Å². The predicted molar refractivity (Wildman–Crippen MR) is 254 cm³/mol. The van der Waals surface area contributed by atoms with Gasteiger partial charge in [0.2, 0.25) is 0 Å². The Labute approximate surface area is 358 Å². The van der Waals surface area contributed by atoms with Gasteiger partial charge >= 0.3 is 0 Å². The summed E-state index contributed by atoms with van der Waals surface area (Å²) in [6.07, 6.45) is 0. The monoisotopic (exact) mass is 791 g/mol. The van der Waals surface area contributed by atoms with Crippen molar-refractivity contribution in [1.29, 1.82) is 10.5 Å². The van der Waals surface area contributed by atoms with Gasteiger partial charge in [-0.25, -0.2) is 0 Å². The third-order valence-electron chi connectivity index (χ3n) is 13.1. The fraction of sp³-hybridized carbons (Fsp3) is 0.0526. The lowest BCUT2D eigenvalue weighted by Crippen LogP contribution is -2.15. The average molecular weight is 792 g/mol. The van der Waals surface area contributed by atoms with Crippen molar-refractivity contribution >= 4 is 71.4 Å². The summed E-state index contributed by atoms with van der Waals surface area (Å²) in [6.45, 7) is 4.59. The quantitative estimate of drug-likeness (QED) is 0.174.